The van der Waals surface area contributed by atoms with Gasteiger partial charge in [-0.3, -0.25) is 0 Å². The van der Waals surface area contributed by atoms with E-state index in [4.69, 9.17) is 4.74 Å². The minimum atomic E-state index is -4.56. The number of likely N-dealkylation sites (tertiary alicyclic amines) is 1. The lowest BCUT2D eigenvalue weighted by Crippen LogP contribution is -2.46. The number of carbonyl (C=O) groups excluding carboxylic acids is 1. The summed E-state index contributed by atoms with van der Waals surface area (Å²) in [5.74, 6) is 0. The first-order chi connectivity index (χ1) is 12.8. The first-order valence-corrected chi connectivity index (χ1v) is 8.51. The highest BCUT2D eigenvalue weighted by Gasteiger charge is 2.33. The van der Waals surface area contributed by atoms with Crippen molar-refractivity contribution in [2.24, 2.45) is 0 Å². The number of hydrogen-bond donors (Lipinski definition) is 1. The predicted molar refractivity (Wildman–Crippen MR) is 92.5 cm³/mol. The van der Waals surface area contributed by atoms with E-state index in [1.165, 1.54) is 0 Å². The van der Waals surface area contributed by atoms with Gasteiger partial charge in [-0.05, 0) is 38.0 Å². The normalized spacial score (nSPS) is 17.5. The topological polar surface area (TPSA) is 67.4 Å². The van der Waals surface area contributed by atoms with Gasteiger partial charge in [0.25, 0.3) is 0 Å². The Morgan fingerprint density at radius 3 is 2.70 bits per heavy atom. The standard InChI is InChI=1S/C18H19F3N4O2/c1-12-4-6-13(7-5-12)23-17(26)25-10-2-3-14(11-25)27-16-22-9-8-15(24-16)18(19,20)21/h4-9,14H,2-3,10-11H2,1H3,(H,23,26). The average Bonchev–Trinajstić information content (AvgIpc) is 2.63. The molecule has 2 amide bonds. The lowest BCUT2D eigenvalue weighted by atomic mass is 10.1. The van der Waals surface area contributed by atoms with Gasteiger partial charge in [-0.25, -0.2) is 9.78 Å². The SMILES string of the molecule is Cc1ccc(NC(=O)N2CCCC(Oc3nccc(C(F)(F)F)n3)C2)cc1. The molecule has 0 aliphatic carbocycles. The highest BCUT2D eigenvalue weighted by Crippen LogP contribution is 2.28. The number of rotatable bonds is 3. The van der Waals surface area contributed by atoms with E-state index in [1.54, 1.807) is 4.90 Å². The van der Waals surface area contributed by atoms with Crippen molar-refractivity contribution < 1.29 is 22.7 Å². The number of alkyl halides is 3. The summed E-state index contributed by atoms with van der Waals surface area (Å²) in [6.45, 7) is 2.74. The number of amides is 2. The number of benzene rings is 1. The van der Waals surface area contributed by atoms with E-state index in [0.717, 1.165) is 17.8 Å². The number of ether oxygens (including phenoxy) is 1. The van der Waals surface area contributed by atoms with Crippen molar-refractivity contribution in [3.8, 4) is 6.01 Å². The third-order valence-corrected chi connectivity index (χ3v) is 4.16. The first kappa shape index (κ1) is 18.9. The van der Waals surface area contributed by atoms with Crippen molar-refractivity contribution >= 4 is 11.7 Å². The third kappa shape index (κ3) is 5.08. The highest BCUT2D eigenvalue weighted by molar-refractivity contribution is 5.89. The number of halogens is 3. The summed E-state index contributed by atoms with van der Waals surface area (Å²) >= 11 is 0. The first-order valence-electron chi connectivity index (χ1n) is 8.51. The van der Waals surface area contributed by atoms with Crippen molar-refractivity contribution in [1.82, 2.24) is 14.9 Å². The molecule has 1 aromatic heterocycles. The number of nitrogens with zero attached hydrogens (tertiary/aromatic N) is 3. The fourth-order valence-corrected chi connectivity index (χ4v) is 2.76. The van der Waals surface area contributed by atoms with Crippen LogP contribution < -0.4 is 10.1 Å². The van der Waals surface area contributed by atoms with Gasteiger partial charge in [-0.15, -0.1) is 0 Å². The molecule has 144 valence electrons. The van der Waals surface area contributed by atoms with Crippen LogP contribution in [0.15, 0.2) is 36.5 Å². The maximum atomic E-state index is 12.7. The zero-order valence-electron chi connectivity index (χ0n) is 14.7. The van der Waals surface area contributed by atoms with Gasteiger partial charge < -0.3 is 15.0 Å². The van der Waals surface area contributed by atoms with Crippen LogP contribution in [0.3, 0.4) is 0 Å². The quantitative estimate of drug-likeness (QED) is 0.878. The van der Waals surface area contributed by atoms with Crippen molar-refractivity contribution in [2.75, 3.05) is 18.4 Å². The molecule has 1 aromatic carbocycles. The van der Waals surface area contributed by atoms with Crippen LogP contribution in [0, 0.1) is 6.92 Å². The fraction of sp³-hybridized carbons (Fsp3) is 0.389. The van der Waals surface area contributed by atoms with Gasteiger partial charge in [0, 0.05) is 18.4 Å². The molecule has 27 heavy (non-hydrogen) atoms. The summed E-state index contributed by atoms with van der Waals surface area (Å²) in [5, 5.41) is 2.80. The largest absolute Gasteiger partial charge is 0.458 e. The summed E-state index contributed by atoms with van der Waals surface area (Å²) < 4.78 is 43.7. The molecule has 2 heterocycles. The minimum Gasteiger partial charge on any atom is -0.458 e. The van der Waals surface area contributed by atoms with Crippen LogP contribution in [0.4, 0.5) is 23.7 Å². The van der Waals surface area contributed by atoms with Gasteiger partial charge in [-0.1, -0.05) is 17.7 Å². The molecule has 1 atom stereocenters. The summed E-state index contributed by atoms with van der Waals surface area (Å²) in [6, 6.07) is 7.57. The van der Waals surface area contributed by atoms with E-state index in [1.807, 2.05) is 31.2 Å². The van der Waals surface area contributed by atoms with Gasteiger partial charge in [0.15, 0.2) is 5.69 Å². The Bertz CT molecular complexity index is 796. The van der Waals surface area contributed by atoms with Gasteiger partial charge in [0.1, 0.15) is 6.10 Å². The second-order valence-corrected chi connectivity index (χ2v) is 6.35. The van der Waals surface area contributed by atoms with E-state index in [9.17, 15) is 18.0 Å². The van der Waals surface area contributed by atoms with Crippen LogP contribution in [0.2, 0.25) is 0 Å². The van der Waals surface area contributed by atoms with E-state index in [0.29, 0.717) is 25.1 Å². The average molecular weight is 380 g/mol. The van der Waals surface area contributed by atoms with Crippen molar-refractivity contribution in [1.29, 1.82) is 0 Å². The van der Waals surface area contributed by atoms with Crippen molar-refractivity contribution in [2.45, 2.75) is 32.0 Å². The Hall–Kier alpha value is -2.84. The molecule has 0 saturated carbocycles. The maximum absolute atomic E-state index is 12.7. The number of aryl methyl sites for hydroxylation is 1. The fourth-order valence-electron chi connectivity index (χ4n) is 2.76. The summed E-state index contributed by atoms with van der Waals surface area (Å²) in [7, 11) is 0. The van der Waals surface area contributed by atoms with Gasteiger partial charge in [-0.2, -0.15) is 18.2 Å². The number of urea groups is 1. The van der Waals surface area contributed by atoms with Crippen molar-refractivity contribution in [3.63, 3.8) is 0 Å². The summed E-state index contributed by atoms with van der Waals surface area (Å²) in [5.41, 5.74) is 0.702. The number of anilines is 1. The molecule has 0 radical (unpaired) electrons. The molecule has 0 spiro atoms. The molecule has 1 fully saturated rings. The Morgan fingerprint density at radius 2 is 2.00 bits per heavy atom. The van der Waals surface area contributed by atoms with Crippen molar-refractivity contribution in [3.05, 3.63) is 47.8 Å². The molecule has 0 bridgehead atoms. The highest BCUT2D eigenvalue weighted by atomic mass is 19.4. The van der Waals surface area contributed by atoms with Gasteiger partial charge in [0.2, 0.25) is 0 Å². The molecule has 1 N–H and O–H groups in total. The molecule has 1 aliphatic heterocycles. The Balaban J connectivity index is 1.60. The number of piperidine rings is 1. The maximum Gasteiger partial charge on any atom is 0.433 e. The van der Waals surface area contributed by atoms with Crippen LogP contribution in [0.5, 0.6) is 6.01 Å². The zero-order chi connectivity index (χ0) is 19.4. The lowest BCUT2D eigenvalue weighted by Gasteiger charge is -2.32. The smallest absolute Gasteiger partial charge is 0.433 e. The van der Waals surface area contributed by atoms with E-state index >= 15 is 0 Å². The van der Waals surface area contributed by atoms with Crippen LogP contribution in [-0.2, 0) is 6.18 Å². The van der Waals surface area contributed by atoms with E-state index in [-0.39, 0.29) is 18.6 Å². The Labute approximate surface area is 154 Å². The minimum absolute atomic E-state index is 0.247. The number of aromatic nitrogens is 2. The Kier molecular flexibility index (Phi) is 5.48. The summed E-state index contributed by atoms with van der Waals surface area (Å²) in [6.07, 6.45) is -2.74. The molecule has 1 unspecified atom stereocenters. The van der Waals surface area contributed by atoms with Crippen LogP contribution in [0.25, 0.3) is 0 Å². The Morgan fingerprint density at radius 1 is 1.26 bits per heavy atom. The lowest BCUT2D eigenvalue weighted by molar-refractivity contribution is -0.141. The molecular formula is C18H19F3N4O2. The monoisotopic (exact) mass is 380 g/mol. The third-order valence-electron chi connectivity index (χ3n) is 4.16. The number of carbonyl (C=O) groups is 1. The van der Waals surface area contributed by atoms with Crippen LogP contribution >= 0.6 is 0 Å². The predicted octanol–water partition coefficient (Wildman–Crippen LogP) is 3.88. The molecule has 3 rings (SSSR count). The number of nitrogens with one attached hydrogen (secondary N) is 1. The molecule has 2 aromatic rings. The van der Waals surface area contributed by atoms with Crippen LogP contribution in [0.1, 0.15) is 24.1 Å². The van der Waals surface area contributed by atoms with E-state index < -0.39 is 18.0 Å². The zero-order valence-corrected chi connectivity index (χ0v) is 14.7. The second-order valence-electron chi connectivity index (χ2n) is 6.35. The van der Waals surface area contributed by atoms with Gasteiger partial charge >= 0.3 is 18.2 Å². The molecule has 9 heteroatoms. The summed E-state index contributed by atoms with van der Waals surface area (Å²) in [4.78, 5) is 21.1. The van der Waals surface area contributed by atoms with Gasteiger partial charge in [0.05, 0.1) is 6.54 Å². The van der Waals surface area contributed by atoms with E-state index in [2.05, 4.69) is 15.3 Å². The second kappa shape index (κ2) is 7.81. The number of hydrogen-bond acceptors (Lipinski definition) is 4. The molecular weight excluding hydrogens is 361 g/mol. The molecule has 1 saturated heterocycles. The van der Waals surface area contributed by atoms with Crippen LogP contribution in [-0.4, -0.2) is 40.1 Å². The molecule has 6 nitrogen and oxygen atoms in total. The molecule has 1 aliphatic rings.